The Morgan fingerprint density at radius 3 is 2.60 bits per heavy atom. The minimum atomic E-state index is -0.163. The highest BCUT2D eigenvalue weighted by atomic mass is 16.5. The molecule has 0 aromatic carbocycles. The quantitative estimate of drug-likeness (QED) is 0.861. The van der Waals surface area contributed by atoms with Crippen LogP contribution in [0.1, 0.15) is 44.4 Å². The van der Waals surface area contributed by atoms with Gasteiger partial charge in [-0.2, -0.15) is 4.98 Å². The van der Waals surface area contributed by atoms with E-state index in [-0.39, 0.29) is 5.41 Å². The first-order valence-electron chi connectivity index (χ1n) is 7.15. The fraction of sp³-hybridized carbons (Fsp3) is 0.571. The van der Waals surface area contributed by atoms with E-state index >= 15 is 0 Å². The van der Waals surface area contributed by atoms with Crippen molar-refractivity contribution in [2.24, 2.45) is 5.73 Å². The molecule has 2 heterocycles. The predicted molar refractivity (Wildman–Crippen MR) is 73.8 cm³/mol. The van der Waals surface area contributed by atoms with Gasteiger partial charge in [0.2, 0.25) is 11.7 Å². The molecule has 1 aliphatic carbocycles. The van der Waals surface area contributed by atoms with E-state index in [1.807, 2.05) is 0 Å². The lowest BCUT2D eigenvalue weighted by Gasteiger charge is -2.26. The zero-order valence-corrected chi connectivity index (χ0v) is 11.5. The first-order valence-corrected chi connectivity index (χ1v) is 7.15. The van der Waals surface area contributed by atoms with Crippen LogP contribution in [0.3, 0.4) is 0 Å². The molecule has 2 aromatic rings. The zero-order valence-electron chi connectivity index (χ0n) is 11.5. The maximum absolute atomic E-state index is 6.03. The van der Waals surface area contributed by atoms with Crippen LogP contribution in [-0.2, 0) is 5.41 Å². The smallest absolute Gasteiger partial charge is 0.234 e. The topological polar surface area (TPSA) is 90.7 Å². The third-order valence-corrected chi connectivity index (χ3v) is 4.12. The second-order valence-electron chi connectivity index (χ2n) is 5.41. The van der Waals surface area contributed by atoms with Crippen LogP contribution in [0, 0.1) is 0 Å². The Kier molecular flexibility index (Phi) is 3.73. The molecule has 0 atom stereocenters. The van der Waals surface area contributed by atoms with Crippen LogP contribution in [0.5, 0.6) is 0 Å². The molecule has 0 spiro atoms. The zero-order chi connectivity index (χ0) is 13.8. The van der Waals surface area contributed by atoms with Gasteiger partial charge in [-0.15, -0.1) is 0 Å². The van der Waals surface area contributed by atoms with Gasteiger partial charge >= 0.3 is 0 Å². The first kappa shape index (κ1) is 13.2. The number of hydrogen-bond donors (Lipinski definition) is 1. The molecule has 2 aromatic heterocycles. The molecule has 6 nitrogen and oxygen atoms in total. The third-order valence-electron chi connectivity index (χ3n) is 4.12. The molecular formula is C14H19N5O. The molecule has 0 bridgehead atoms. The van der Waals surface area contributed by atoms with Crippen molar-refractivity contribution in [2.45, 2.75) is 43.9 Å². The summed E-state index contributed by atoms with van der Waals surface area (Å²) in [6.07, 6.45) is 11.8. The Morgan fingerprint density at radius 1 is 1.15 bits per heavy atom. The van der Waals surface area contributed by atoms with Gasteiger partial charge in [-0.25, -0.2) is 4.98 Å². The third kappa shape index (κ3) is 2.43. The molecule has 1 fully saturated rings. The van der Waals surface area contributed by atoms with Crippen LogP contribution in [0.4, 0.5) is 0 Å². The average Bonchev–Trinajstić information content (AvgIpc) is 2.88. The van der Waals surface area contributed by atoms with Crippen molar-refractivity contribution in [1.82, 2.24) is 20.1 Å². The molecule has 20 heavy (non-hydrogen) atoms. The average molecular weight is 273 g/mol. The van der Waals surface area contributed by atoms with Crippen LogP contribution in [-0.4, -0.2) is 26.7 Å². The number of rotatable bonds is 3. The summed E-state index contributed by atoms with van der Waals surface area (Å²) in [5, 5.41) is 4.04. The standard InChI is InChI=1S/C14H19N5O/c15-10-14(5-3-1-2-4-6-14)13-18-12(19-20-13)11-9-16-7-8-17-11/h7-9H,1-6,10,15H2. The Morgan fingerprint density at radius 2 is 1.95 bits per heavy atom. The lowest BCUT2D eigenvalue weighted by atomic mass is 9.80. The van der Waals surface area contributed by atoms with Crippen LogP contribution in [0.15, 0.2) is 23.1 Å². The van der Waals surface area contributed by atoms with E-state index in [0.29, 0.717) is 24.0 Å². The Hall–Kier alpha value is -1.82. The molecule has 6 heteroatoms. The van der Waals surface area contributed by atoms with Gasteiger partial charge in [0.1, 0.15) is 5.69 Å². The summed E-state index contributed by atoms with van der Waals surface area (Å²) in [4.78, 5) is 12.8. The fourth-order valence-electron chi connectivity index (χ4n) is 2.87. The lowest BCUT2D eigenvalue weighted by molar-refractivity contribution is 0.257. The summed E-state index contributed by atoms with van der Waals surface area (Å²) in [6.45, 7) is 0.551. The van der Waals surface area contributed by atoms with Crippen LogP contribution in [0.25, 0.3) is 11.5 Å². The van der Waals surface area contributed by atoms with Crippen molar-refractivity contribution in [3.8, 4) is 11.5 Å². The van der Waals surface area contributed by atoms with Crippen molar-refractivity contribution < 1.29 is 4.52 Å². The maximum Gasteiger partial charge on any atom is 0.234 e. The van der Waals surface area contributed by atoms with E-state index in [0.717, 1.165) is 12.8 Å². The summed E-state index contributed by atoms with van der Waals surface area (Å²) < 4.78 is 5.50. The summed E-state index contributed by atoms with van der Waals surface area (Å²) in [5.41, 5.74) is 6.50. The number of nitrogens with two attached hydrogens (primary N) is 1. The molecule has 2 N–H and O–H groups in total. The lowest BCUT2D eigenvalue weighted by Crippen LogP contribution is -2.35. The van der Waals surface area contributed by atoms with Gasteiger partial charge in [-0.1, -0.05) is 30.8 Å². The summed E-state index contributed by atoms with van der Waals surface area (Å²) in [5.74, 6) is 1.15. The van der Waals surface area contributed by atoms with Gasteiger partial charge in [-0.3, -0.25) is 4.98 Å². The Bertz CT molecular complexity index is 546. The van der Waals surface area contributed by atoms with E-state index in [1.165, 1.54) is 25.7 Å². The molecule has 0 unspecified atom stereocenters. The van der Waals surface area contributed by atoms with Crippen LogP contribution < -0.4 is 5.73 Å². The highest BCUT2D eigenvalue weighted by molar-refractivity contribution is 5.45. The van der Waals surface area contributed by atoms with Crippen molar-refractivity contribution in [3.63, 3.8) is 0 Å². The van der Waals surface area contributed by atoms with Crippen LogP contribution >= 0.6 is 0 Å². The molecule has 0 amide bonds. The van der Waals surface area contributed by atoms with Gasteiger partial charge in [0.25, 0.3) is 0 Å². The molecule has 3 rings (SSSR count). The second kappa shape index (κ2) is 5.66. The molecule has 0 aliphatic heterocycles. The molecular weight excluding hydrogens is 254 g/mol. The van der Waals surface area contributed by atoms with Crippen LogP contribution in [0.2, 0.25) is 0 Å². The van der Waals surface area contributed by atoms with Gasteiger partial charge < -0.3 is 10.3 Å². The first-order chi connectivity index (χ1) is 9.84. The number of nitrogens with zero attached hydrogens (tertiary/aromatic N) is 4. The van der Waals surface area contributed by atoms with Gasteiger partial charge in [0.15, 0.2) is 0 Å². The molecule has 0 radical (unpaired) electrons. The van der Waals surface area contributed by atoms with Gasteiger partial charge in [0.05, 0.1) is 11.6 Å². The van der Waals surface area contributed by atoms with Crippen molar-refractivity contribution in [3.05, 3.63) is 24.5 Å². The minimum Gasteiger partial charge on any atom is -0.338 e. The SMILES string of the molecule is NCC1(c2nc(-c3cnccn3)no2)CCCCCC1. The van der Waals surface area contributed by atoms with Gasteiger partial charge in [-0.05, 0) is 12.8 Å². The Balaban J connectivity index is 1.91. The molecule has 1 saturated carbocycles. The number of aromatic nitrogens is 4. The predicted octanol–water partition coefficient (Wildman–Crippen LogP) is 2.08. The maximum atomic E-state index is 6.03. The molecule has 1 aliphatic rings. The van der Waals surface area contributed by atoms with Crippen molar-refractivity contribution in [2.75, 3.05) is 6.54 Å². The highest BCUT2D eigenvalue weighted by Crippen LogP contribution is 2.37. The summed E-state index contributed by atoms with van der Waals surface area (Å²) in [7, 11) is 0. The van der Waals surface area contributed by atoms with E-state index in [1.54, 1.807) is 18.6 Å². The summed E-state index contributed by atoms with van der Waals surface area (Å²) >= 11 is 0. The molecule has 0 saturated heterocycles. The minimum absolute atomic E-state index is 0.163. The monoisotopic (exact) mass is 273 g/mol. The van der Waals surface area contributed by atoms with Crippen molar-refractivity contribution >= 4 is 0 Å². The summed E-state index contributed by atoms with van der Waals surface area (Å²) in [6, 6.07) is 0. The van der Waals surface area contributed by atoms with Gasteiger partial charge in [0, 0.05) is 18.9 Å². The van der Waals surface area contributed by atoms with E-state index in [2.05, 4.69) is 20.1 Å². The second-order valence-corrected chi connectivity index (χ2v) is 5.41. The van der Waals surface area contributed by atoms with Crippen molar-refractivity contribution in [1.29, 1.82) is 0 Å². The highest BCUT2D eigenvalue weighted by Gasteiger charge is 2.37. The molecule has 106 valence electrons. The largest absolute Gasteiger partial charge is 0.338 e. The normalized spacial score (nSPS) is 18.6. The van der Waals surface area contributed by atoms with E-state index in [9.17, 15) is 0 Å². The Labute approximate surface area is 117 Å². The van der Waals surface area contributed by atoms with E-state index < -0.39 is 0 Å². The number of hydrogen-bond acceptors (Lipinski definition) is 6. The van der Waals surface area contributed by atoms with E-state index in [4.69, 9.17) is 10.3 Å². The fourth-order valence-corrected chi connectivity index (χ4v) is 2.87.